The second-order valence-corrected chi connectivity index (χ2v) is 4.19. The van der Waals surface area contributed by atoms with Gasteiger partial charge in [0.2, 0.25) is 0 Å². The number of benzene rings is 1. The summed E-state index contributed by atoms with van der Waals surface area (Å²) in [4.78, 5) is 3.98. The smallest absolute Gasteiger partial charge is 0.145 e. The second kappa shape index (κ2) is 5.12. The van der Waals surface area contributed by atoms with Crippen LogP contribution in [0, 0.1) is 0 Å². The lowest BCUT2D eigenvalue weighted by molar-refractivity contribution is 0.243. The van der Waals surface area contributed by atoms with Gasteiger partial charge in [-0.2, -0.15) is 0 Å². The highest BCUT2D eigenvalue weighted by atomic mass is 79.9. The Hall–Kier alpha value is -1.09. The van der Waals surface area contributed by atoms with Crippen molar-refractivity contribution in [3.05, 3.63) is 28.7 Å². The van der Waals surface area contributed by atoms with Crippen LogP contribution in [0.4, 0.5) is 5.69 Å². The van der Waals surface area contributed by atoms with Crippen LogP contribution in [0.5, 0.6) is 5.75 Å². The summed E-state index contributed by atoms with van der Waals surface area (Å²) >= 11 is 3.43. The first kappa shape index (κ1) is 12.0. The van der Waals surface area contributed by atoms with Crippen molar-refractivity contribution in [1.29, 1.82) is 0 Å². The molecule has 2 nitrogen and oxygen atoms in total. The van der Waals surface area contributed by atoms with Crippen molar-refractivity contribution in [2.75, 3.05) is 0 Å². The minimum absolute atomic E-state index is 0.115. The maximum Gasteiger partial charge on any atom is 0.145 e. The van der Waals surface area contributed by atoms with Gasteiger partial charge in [-0.15, -0.1) is 0 Å². The molecule has 3 heteroatoms. The van der Waals surface area contributed by atoms with E-state index in [4.69, 9.17) is 4.74 Å². The topological polar surface area (TPSA) is 21.6 Å². The number of halogens is 1. The van der Waals surface area contributed by atoms with Crippen LogP contribution >= 0.6 is 15.9 Å². The van der Waals surface area contributed by atoms with Crippen LogP contribution in [0.3, 0.4) is 0 Å². The van der Waals surface area contributed by atoms with Crippen molar-refractivity contribution in [3.8, 4) is 5.75 Å². The molecule has 0 aliphatic heterocycles. The van der Waals surface area contributed by atoms with Crippen LogP contribution in [0.2, 0.25) is 0 Å². The normalized spacial score (nSPS) is 10.1. The van der Waals surface area contributed by atoms with Gasteiger partial charge in [0.05, 0.1) is 6.10 Å². The summed E-state index contributed by atoms with van der Waals surface area (Å²) in [6, 6.07) is 3.80. The maximum atomic E-state index is 5.63. The van der Waals surface area contributed by atoms with Crippen molar-refractivity contribution in [1.82, 2.24) is 0 Å². The Kier molecular flexibility index (Phi) is 4.09. The van der Waals surface area contributed by atoms with E-state index in [1.165, 1.54) is 0 Å². The molecule has 0 amide bonds. The van der Waals surface area contributed by atoms with Gasteiger partial charge >= 0.3 is 0 Å². The maximum absolute atomic E-state index is 5.63. The van der Waals surface area contributed by atoms with Crippen LogP contribution in [0.25, 0.3) is 6.08 Å². The van der Waals surface area contributed by atoms with Crippen LogP contribution in [-0.4, -0.2) is 12.8 Å². The number of ether oxygens (including phenoxy) is 1. The predicted octanol–water partition coefficient (Wildman–Crippen LogP) is 4.21. The number of aliphatic imine (C=N–C) groups is 1. The highest BCUT2D eigenvalue weighted by molar-refractivity contribution is 9.10. The minimum Gasteiger partial charge on any atom is -0.489 e. The largest absolute Gasteiger partial charge is 0.489 e. The van der Waals surface area contributed by atoms with Crippen LogP contribution in [-0.2, 0) is 0 Å². The third-order valence-electron chi connectivity index (χ3n) is 1.85. The molecule has 15 heavy (non-hydrogen) atoms. The Bertz CT molecular complexity index is 385. The Morgan fingerprint density at radius 3 is 2.60 bits per heavy atom. The number of hydrogen-bond acceptors (Lipinski definition) is 2. The average molecular weight is 268 g/mol. The molecule has 0 unspecified atom stereocenters. The molecule has 0 aliphatic carbocycles. The molecule has 80 valence electrons. The molecule has 0 aliphatic rings. The van der Waals surface area contributed by atoms with Crippen molar-refractivity contribution >= 4 is 34.4 Å². The number of rotatable bonds is 4. The van der Waals surface area contributed by atoms with Crippen molar-refractivity contribution in [2.45, 2.75) is 20.0 Å². The molecule has 0 aromatic heterocycles. The fourth-order valence-corrected chi connectivity index (χ4v) is 1.75. The predicted molar refractivity (Wildman–Crippen MR) is 69.2 cm³/mol. The van der Waals surface area contributed by atoms with Gasteiger partial charge in [-0.25, -0.2) is 0 Å². The van der Waals surface area contributed by atoms with E-state index < -0.39 is 0 Å². The fraction of sp³-hybridized carbons (Fsp3) is 0.250. The Balaban J connectivity index is 3.28. The lowest BCUT2D eigenvalue weighted by Crippen LogP contribution is -2.05. The molecular weight excluding hydrogens is 254 g/mol. The van der Waals surface area contributed by atoms with Gasteiger partial charge in [0, 0.05) is 10.0 Å². The first-order valence-corrected chi connectivity index (χ1v) is 5.47. The van der Waals surface area contributed by atoms with Crippen LogP contribution < -0.4 is 4.74 Å². The zero-order chi connectivity index (χ0) is 11.4. The van der Waals surface area contributed by atoms with Gasteiger partial charge in [0.1, 0.15) is 11.4 Å². The lowest BCUT2D eigenvalue weighted by atomic mass is 10.1. The Labute approximate surface area is 98.8 Å². The summed E-state index contributed by atoms with van der Waals surface area (Å²) in [5, 5.41) is 0. The molecule has 0 bridgehead atoms. The molecular formula is C12H14BrNO. The number of hydrogen-bond donors (Lipinski definition) is 0. The lowest BCUT2D eigenvalue weighted by Gasteiger charge is -2.14. The average Bonchev–Trinajstić information content (AvgIpc) is 2.19. The van der Waals surface area contributed by atoms with Crippen molar-refractivity contribution in [2.24, 2.45) is 4.99 Å². The molecule has 1 rings (SSSR count). The van der Waals surface area contributed by atoms with Gasteiger partial charge in [-0.3, -0.25) is 4.99 Å². The molecule has 0 atom stereocenters. The third kappa shape index (κ3) is 2.69. The molecule has 0 radical (unpaired) electrons. The van der Waals surface area contributed by atoms with E-state index in [9.17, 15) is 0 Å². The fourth-order valence-electron chi connectivity index (χ4n) is 1.27. The van der Waals surface area contributed by atoms with E-state index in [0.717, 1.165) is 21.5 Å². The van der Waals surface area contributed by atoms with E-state index in [1.54, 1.807) is 6.08 Å². The van der Waals surface area contributed by atoms with Crippen molar-refractivity contribution < 1.29 is 4.74 Å². The summed E-state index contributed by atoms with van der Waals surface area (Å²) in [5.41, 5.74) is 1.64. The molecule has 0 fully saturated rings. The van der Waals surface area contributed by atoms with E-state index in [0.29, 0.717) is 0 Å². The quantitative estimate of drug-likeness (QED) is 0.749. The first-order valence-electron chi connectivity index (χ1n) is 4.68. The molecule has 0 heterocycles. The van der Waals surface area contributed by atoms with Gasteiger partial charge < -0.3 is 4.74 Å². The van der Waals surface area contributed by atoms with Crippen LogP contribution in [0.15, 0.2) is 28.2 Å². The Morgan fingerprint density at radius 2 is 2.13 bits per heavy atom. The van der Waals surface area contributed by atoms with Gasteiger partial charge in [0.15, 0.2) is 0 Å². The standard InChI is InChI=1S/C12H14BrNO/c1-5-9-10(13)6-7-11(12(9)14-4)15-8(2)3/h5-8H,1,4H2,2-3H3. The van der Waals surface area contributed by atoms with Gasteiger partial charge in [-0.1, -0.05) is 28.6 Å². The molecule has 1 aromatic carbocycles. The van der Waals surface area contributed by atoms with E-state index >= 15 is 0 Å². The third-order valence-corrected chi connectivity index (χ3v) is 2.54. The molecule has 0 saturated heterocycles. The van der Waals surface area contributed by atoms with E-state index in [2.05, 4.69) is 34.2 Å². The summed E-state index contributed by atoms with van der Waals surface area (Å²) in [6.45, 7) is 11.2. The zero-order valence-corrected chi connectivity index (χ0v) is 10.5. The van der Waals surface area contributed by atoms with Crippen LogP contribution in [0.1, 0.15) is 19.4 Å². The SMILES string of the molecule is C=Cc1c(Br)ccc(OC(C)C)c1N=C. The highest BCUT2D eigenvalue weighted by Crippen LogP contribution is 2.37. The highest BCUT2D eigenvalue weighted by Gasteiger charge is 2.10. The van der Waals surface area contributed by atoms with Gasteiger partial charge in [-0.05, 0) is 32.7 Å². The summed E-state index contributed by atoms with van der Waals surface area (Å²) in [7, 11) is 0. The summed E-state index contributed by atoms with van der Waals surface area (Å²) < 4.78 is 6.57. The molecule has 1 aromatic rings. The van der Waals surface area contributed by atoms with E-state index in [1.807, 2.05) is 26.0 Å². The molecule has 0 spiro atoms. The monoisotopic (exact) mass is 267 g/mol. The van der Waals surface area contributed by atoms with Crippen molar-refractivity contribution in [3.63, 3.8) is 0 Å². The summed E-state index contributed by atoms with van der Waals surface area (Å²) in [6.07, 6.45) is 1.85. The Morgan fingerprint density at radius 1 is 1.47 bits per heavy atom. The second-order valence-electron chi connectivity index (χ2n) is 3.34. The summed E-state index contributed by atoms with van der Waals surface area (Å²) in [5.74, 6) is 0.734. The van der Waals surface area contributed by atoms with Gasteiger partial charge in [0.25, 0.3) is 0 Å². The zero-order valence-electron chi connectivity index (χ0n) is 8.96. The van der Waals surface area contributed by atoms with E-state index in [-0.39, 0.29) is 6.10 Å². The minimum atomic E-state index is 0.115. The number of nitrogens with zero attached hydrogens (tertiary/aromatic N) is 1. The molecule has 0 saturated carbocycles. The first-order chi connectivity index (χ1) is 7.10. The molecule has 0 N–H and O–H groups in total.